The molecule has 0 bridgehead atoms. The number of hydrogen-bond donors (Lipinski definition) is 0. The van der Waals surface area contributed by atoms with Crippen LogP contribution in [0.15, 0.2) is 12.2 Å². The number of β-lactam (4-membered cyclic amide) rings is 1. The van der Waals surface area contributed by atoms with E-state index < -0.39 is 14.0 Å². The summed E-state index contributed by atoms with van der Waals surface area (Å²) in [6.07, 6.45) is 3.70. The molecule has 150 valence electrons. The summed E-state index contributed by atoms with van der Waals surface area (Å²) in [6.45, 7) is 22.4. The first-order valence-electron chi connectivity index (χ1n) is 10.2. The fraction of sp³-hybridized carbons (Fsp3) is 0.857. The summed E-state index contributed by atoms with van der Waals surface area (Å²) in [6, 6.07) is 0.0640. The van der Waals surface area contributed by atoms with Gasteiger partial charge in [-0.05, 0) is 43.5 Å². The molecule has 2 saturated heterocycles. The Kier molecular flexibility index (Phi) is 6.16. The van der Waals surface area contributed by atoms with Gasteiger partial charge in [-0.25, -0.2) is 0 Å². The summed E-state index contributed by atoms with van der Waals surface area (Å²) in [4.78, 5) is 15.2. The molecule has 0 saturated carbocycles. The quantitative estimate of drug-likeness (QED) is 0.349. The average Bonchev–Trinajstić information content (AvgIpc) is 2.48. The summed E-state index contributed by atoms with van der Waals surface area (Å²) in [5, 5.41) is 0.134. The Labute approximate surface area is 161 Å². The van der Waals surface area contributed by atoms with Gasteiger partial charge >= 0.3 is 0 Å². The van der Waals surface area contributed by atoms with Gasteiger partial charge in [0.15, 0.2) is 8.32 Å². The average molecular weight is 382 g/mol. The Morgan fingerprint density at radius 3 is 2.31 bits per heavy atom. The minimum Gasteiger partial charge on any atom is -0.413 e. The normalized spacial score (nSPS) is 27.2. The predicted octanol–water partition coefficient (Wildman–Crippen LogP) is 5.11. The minimum absolute atomic E-state index is 0.0640. The largest absolute Gasteiger partial charge is 0.413 e. The van der Waals surface area contributed by atoms with Crippen molar-refractivity contribution in [2.24, 2.45) is 5.92 Å². The van der Waals surface area contributed by atoms with Crippen molar-refractivity contribution < 1.29 is 14.0 Å². The Bertz CT molecular complexity index is 546. The highest BCUT2D eigenvalue weighted by Crippen LogP contribution is 2.49. The smallest absolute Gasteiger partial charge is 0.233 e. The van der Waals surface area contributed by atoms with Crippen molar-refractivity contribution in [3.05, 3.63) is 12.2 Å². The van der Waals surface area contributed by atoms with E-state index in [0.717, 1.165) is 31.3 Å². The molecule has 0 aromatic carbocycles. The second-order valence-corrected chi connectivity index (χ2v) is 14.4. The molecular weight excluding hydrogens is 342 g/mol. The van der Waals surface area contributed by atoms with Gasteiger partial charge in [0.2, 0.25) is 5.91 Å². The van der Waals surface area contributed by atoms with Crippen molar-refractivity contribution in [2.45, 2.75) is 103 Å². The minimum atomic E-state index is -1.92. The third-order valence-electron chi connectivity index (χ3n) is 6.60. The predicted molar refractivity (Wildman–Crippen MR) is 110 cm³/mol. The molecule has 0 aromatic rings. The van der Waals surface area contributed by atoms with Crippen LogP contribution in [0.1, 0.15) is 67.2 Å². The van der Waals surface area contributed by atoms with E-state index in [0.29, 0.717) is 6.61 Å². The SMILES string of the molecule is C=C1COC(CCC)(CCC)N2C(=O)[C@H]([C@@H](C)O[Si](C)(C)C(C)(C)C)[C@@H]12. The summed E-state index contributed by atoms with van der Waals surface area (Å²) in [5.74, 6) is 0.0672. The zero-order chi connectivity index (χ0) is 19.9. The van der Waals surface area contributed by atoms with Crippen molar-refractivity contribution in [1.82, 2.24) is 4.90 Å². The molecule has 1 amide bonds. The van der Waals surface area contributed by atoms with Gasteiger partial charge in [0.1, 0.15) is 5.72 Å². The number of rotatable bonds is 7. The molecule has 0 N–H and O–H groups in total. The van der Waals surface area contributed by atoms with Crippen LogP contribution in [0.5, 0.6) is 0 Å². The summed E-state index contributed by atoms with van der Waals surface area (Å²) >= 11 is 0. The van der Waals surface area contributed by atoms with Crippen molar-refractivity contribution in [3.63, 3.8) is 0 Å². The molecule has 5 heteroatoms. The zero-order valence-electron chi connectivity index (χ0n) is 18.1. The number of carbonyl (C=O) groups excluding carboxylic acids is 1. The van der Waals surface area contributed by atoms with Crippen LogP contribution in [-0.4, -0.2) is 43.6 Å². The molecule has 0 aliphatic carbocycles. The second-order valence-electron chi connectivity index (χ2n) is 9.66. The molecule has 3 atom stereocenters. The van der Waals surface area contributed by atoms with Crippen LogP contribution in [-0.2, 0) is 14.0 Å². The van der Waals surface area contributed by atoms with E-state index in [1.54, 1.807) is 0 Å². The molecule has 2 aliphatic rings. The van der Waals surface area contributed by atoms with Crippen LogP contribution in [0.2, 0.25) is 18.1 Å². The van der Waals surface area contributed by atoms with E-state index in [2.05, 4.69) is 61.2 Å². The van der Waals surface area contributed by atoms with Gasteiger partial charge in [0.05, 0.1) is 24.7 Å². The molecule has 2 rings (SSSR count). The van der Waals surface area contributed by atoms with Gasteiger partial charge in [-0.1, -0.05) is 54.0 Å². The van der Waals surface area contributed by atoms with E-state index in [1.807, 2.05) is 4.90 Å². The molecule has 0 spiro atoms. The fourth-order valence-corrected chi connectivity index (χ4v) is 5.68. The van der Waals surface area contributed by atoms with Gasteiger partial charge in [-0.2, -0.15) is 0 Å². The Balaban J connectivity index is 2.24. The number of fused-ring (bicyclic) bond motifs is 1. The van der Waals surface area contributed by atoms with E-state index in [1.165, 1.54) is 0 Å². The number of carbonyl (C=O) groups is 1. The Morgan fingerprint density at radius 1 is 1.31 bits per heavy atom. The molecule has 0 aromatic heterocycles. The van der Waals surface area contributed by atoms with Crippen molar-refractivity contribution in [1.29, 1.82) is 0 Å². The lowest BCUT2D eigenvalue weighted by molar-refractivity contribution is -0.241. The maximum atomic E-state index is 13.2. The highest BCUT2D eigenvalue weighted by Gasteiger charge is 2.61. The number of amides is 1. The second kappa shape index (κ2) is 7.40. The summed E-state index contributed by atoms with van der Waals surface area (Å²) in [5.41, 5.74) is 0.572. The summed E-state index contributed by atoms with van der Waals surface area (Å²) in [7, 11) is -1.92. The topological polar surface area (TPSA) is 38.8 Å². The monoisotopic (exact) mass is 381 g/mol. The van der Waals surface area contributed by atoms with Gasteiger partial charge in [-0.15, -0.1) is 0 Å². The Hall–Kier alpha value is -0.653. The van der Waals surface area contributed by atoms with Crippen molar-refractivity contribution >= 4 is 14.2 Å². The van der Waals surface area contributed by atoms with Crippen LogP contribution >= 0.6 is 0 Å². The van der Waals surface area contributed by atoms with E-state index in [9.17, 15) is 4.79 Å². The zero-order valence-corrected chi connectivity index (χ0v) is 19.1. The molecule has 0 unspecified atom stereocenters. The third-order valence-corrected chi connectivity index (χ3v) is 11.2. The molecule has 0 radical (unpaired) electrons. The van der Waals surface area contributed by atoms with Crippen LogP contribution in [0.4, 0.5) is 0 Å². The maximum absolute atomic E-state index is 13.2. The molecule has 2 fully saturated rings. The standard InChI is InChI=1S/C21H39NO3Si/c1-10-12-21(13-11-2)22-18(15(3)14-24-21)17(19(22)23)16(4)25-26(8,9)20(5,6)7/h16-18H,3,10-14H2,1-2,4-9H3/t16-,17-,18-/m1/s1. The summed E-state index contributed by atoms with van der Waals surface area (Å²) < 4.78 is 12.8. The molecule has 2 aliphatic heterocycles. The number of ether oxygens (including phenoxy) is 1. The fourth-order valence-electron chi connectivity index (χ4n) is 4.25. The lowest BCUT2D eigenvalue weighted by atomic mass is 9.75. The first-order chi connectivity index (χ1) is 11.9. The van der Waals surface area contributed by atoms with Crippen LogP contribution in [0.3, 0.4) is 0 Å². The van der Waals surface area contributed by atoms with Crippen molar-refractivity contribution in [3.8, 4) is 0 Å². The lowest BCUT2D eigenvalue weighted by Crippen LogP contribution is -2.76. The maximum Gasteiger partial charge on any atom is 0.233 e. The molecular formula is C21H39NO3Si. The van der Waals surface area contributed by atoms with Gasteiger partial charge in [0, 0.05) is 0 Å². The highest BCUT2D eigenvalue weighted by atomic mass is 28.4. The van der Waals surface area contributed by atoms with Gasteiger partial charge in [-0.3, -0.25) is 4.79 Å². The van der Waals surface area contributed by atoms with Crippen LogP contribution in [0.25, 0.3) is 0 Å². The molecule has 4 nitrogen and oxygen atoms in total. The van der Waals surface area contributed by atoms with Crippen LogP contribution in [0, 0.1) is 5.92 Å². The first kappa shape index (κ1) is 21.6. The van der Waals surface area contributed by atoms with Gasteiger partial charge < -0.3 is 14.1 Å². The first-order valence-corrected chi connectivity index (χ1v) is 13.2. The molecule has 26 heavy (non-hydrogen) atoms. The Morgan fingerprint density at radius 2 is 1.85 bits per heavy atom. The number of nitrogens with zero attached hydrogens (tertiary/aromatic N) is 1. The number of hydrogen-bond acceptors (Lipinski definition) is 3. The highest BCUT2D eigenvalue weighted by molar-refractivity contribution is 6.74. The van der Waals surface area contributed by atoms with Crippen LogP contribution < -0.4 is 0 Å². The molecule has 2 heterocycles. The van der Waals surface area contributed by atoms with E-state index in [4.69, 9.17) is 9.16 Å². The third kappa shape index (κ3) is 3.55. The van der Waals surface area contributed by atoms with E-state index in [-0.39, 0.29) is 29.0 Å². The van der Waals surface area contributed by atoms with Gasteiger partial charge in [0.25, 0.3) is 0 Å². The van der Waals surface area contributed by atoms with E-state index >= 15 is 0 Å². The van der Waals surface area contributed by atoms with Crippen molar-refractivity contribution in [2.75, 3.05) is 6.61 Å². The lowest BCUT2D eigenvalue weighted by Gasteiger charge is -2.62.